The first-order valence-electron chi connectivity index (χ1n) is 4.90. The molecule has 0 fully saturated rings. The Labute approximate surface area is 135 Å². The number of hydrogen-bond acceptors (Lipinski definition) is 4. The predicted octanol–water partition coefficient (Wildman–Crippen LogP) is -4.14. The van der Waals surface area contributed by atoms with Gasteiger partial charge in [-0.25, -0.2) is 0 Å². The zero-order valence-electron chi connectivity index (χ0n) is 9.98. The molecule has 0 N–H and O–H groups in total. The van der Waals surface area contributed by atoms with Crippen molar-refractivity contribution in [3.8, 4) is 0 Å². The molecule has 20 heavy (non-hydrogen) atoms. The fourth-order valence-corrected chi connectivity index (χ4v) is 1.82. The maximum Gasteiger partial charge on any atom is 0.0248 e. The second-order valence-corrected chi connectivity index (χ2v) is 4.98. The van der Waals surface area contributed by atoms with Gasteiger partial charge in [0, 0.05) is 9.79 Å². The van der Waals surface area contributed by atoms with Crippen molar-refractivity contribution >= 4 is 22.2 Å². The molecule has 0 amide bonds. The first kappa shape index (κ1) is 21.5. The third kappa shape index (κ3) is 8.42. The highest BCUT2D eigenvalue weighted by molar-refractivity contribution is 7.79. The minimum Gasteiger partial charge on any atom is -1.00 e. The molecule has 2 aromatic carbocycles. The molecule has 2 atom stereocenters. The van der Waals surface area contributed by atoms with E-state index >= 15 is 0 Å². The Hall–Kier alpha value is -0.760. The van der Waals surface area contributed by atoms with Gasteiger partial charge >= 0.3 is 0 Å². The summed E-state index contributed by atoms with van der Waals surface area (Å²) in [7, 11) is 0. The lowest BCUT2D eigenvalue weighted by Crippen LogP contribution is -3.00. The van der Waals surface area contributed by atoms with E-state index in [1.54, 1.807) is 60.7 Å². The lowest BCUT2D eigenvalue weighted by molar-refractivity contribution is -0.00100. The van der Waals surface area contributed by atoms with Gasteiger partial charge in [0.25, 0.3) is 0 Å². The Bertz CT molecular complexity index is 474. The number of hydrogen-bond donors (Lipinski definition) is 0. The van der Waals surface area contributed by atoms with E-state index in [0.29, 0.717) is 9.79 Å². The summed E-state index contributed by atoms with van der Waals surface area (Å²) in [5.74, 6) is 0. The molecule has 0 aliphatic carbocycles. The van der Waals surface area contributed by atoms with E-state index in [-0.39, 0.29) is 24.8 Å². The Kier molecular flexibility index (Phi) is 12.9. The molecular weight excluding hydrogens is 343 g/mol. The van der Waals surface area contributed by atoms with E-state index < -0.39 is 22.2 Å². The molecule has 0 aromatic heterocycles. The van der Waals surface area contributed by atoms with Crippen LogP contribution >= 0.6 is 0 Å². The van der Waals surface area contributed by atoms with Crippen molar-refractivity contribution in [3.05, 3.63) is 60.7 Å². The van der Waals surface area contributed by atoms with Crippen molar-refractivity contribution in [2.45, 2.75) is 9.79 Å². The second kappa shape index (κ2) is 12.0. The van der Waals surface area contributed by atoms with Crippen molar-refractivity contribution < 1.29 is 42.3 Å². The molecule has 0 saturated carbocycles. The van der Waals surface area contributed by atoms with Crippen LogP contribution in [0.3, 0.4) is 0 Å². The summed E-state index contributed by atoms with van der Waals surface area (Å²) in [6.45, 7) is 0. The van der Waals surface area contributed by atoms with Crippen LogP contribution in [0.15, 0.2) is 70.5 Å². The lowest BCUT2D eigenvalue weighted by Gasteiger charge is -2.01. The lowest BCUT2D eigenvalue weighted by atomic mass is 10.4. The summed E-state index contributed by atoms with van der Waals surface area (Å²) in [4.78, 5) is 0.662. The van der Waals surface area contributed by atoms with Crippen molar-refractivity contribution in [2.24, 2.45) is 0 Å². The van der Waals surface area contributed by atoms with Crippen LogP contribution in [0.4, 0.5) is 0 Å². The topological polar surface area (TPSA) is 80.3 Å². The first-order chi connectivity index (χ1) is 8.61. The van der Waals surface area contributed by atoms with E-state index in [4.69, 9.17) is 0 Å². The summed E-state index contributed by atoms with van der Waals surface area (Å²) in [6, 6.07) is 16.5. The van der Waals surface area contributed by atoms with Crippen LogP contribution in [0.2, 0.25) is 0 Å². The van der Waals surface area contributed by atoms with Crippen molar-refractivity contribution in [1.29, 1.82) is 0 Å². The fourth-order valence-electron chi connectivity index (χ4n) is 1.06. The molecule has 0 heterocycles. The number of rotatable bonds is 2. The molecule has 2 rings (SSSR count). The largest absolute Gasteiger partial charge is 1.00 e. The van der Waals surface area contributed by atoms with E-state index in [1.165, 1.54) is 0 Å². The third-order valence-corrected chi connectivity index (χ3v) is 3.19. The third-order valence-electron chi connectivity index (χ3n) is 1.87. The van der Waals surface area contributed by atoms with Crippen LogP contribution in [0.25, 0.3) is 0 Å². The van der Waals surface area contributed by atoms with Crippen molar-refractivity contribution in [3.63, 3.8) is 0 Å². The van der Waals surface area contributed by atoms with Gasteiger partial charge in [-0.2, -0.15) is 0 Å². The van der Waals surface area contributed by atoms with Crippen molar-refractivity contribution in [2.75, 3.05) is 0 Å². The molecule has 112 valence electrons. The van der Waals surface area contributed by atoms with E-state index in [2.05, 4.69) is 0 Å². The van der Waals surface area contributed by atoms with Gasteiger partial charge in [-0.05, 0) is 46.4 Å². The Balaban J connectivity index is 0. The van der Waals surface area contributed by atoms with Gasteiger partial charge in [0.05, 0.1) is 0 Å². The molecule has 2 unspecified atom stereocenters. The molecule has 0 spiro atoms. The van der Waals surface area contributed by atoms with E-state index in [1.807, 2.05) is 0 Å². The Morgan fingerprint density at radius 2 is 0.850 bits per heavy atom. The Morgan fingerprint density at radius 3 is 1.00 bits per heavy atom. The average molecular weight is 353 g/mol. The van der Waals surface area contributed by atoms with Crippen LogP contribution in [0.1, 0.15) is 0 Å². The molecule has 0 radical (unpaired) electrons. The highest BCUT2D eigenvalue weighted by Gasteiger charge is 1.85. The smallest absolute Gasteiger partial charge is 0.0248 e. The molecular formula is C12H10Cl2O4S2-4. The SMILES string of the molecule is O=S([O-])c1ccccc1.O=S([O-])c1ccccc1.[Cl-].[Cl-]. The van der Waals surface area contributed by atoms with Gasteiger partial charge in [-0.15, -0.1) is 0 Å². The molecule has 8 heteroatoms. The van der Waals surface area contributed by atoms with Gasteiger partial charge in [-0.1, -0.05) is 36.4 Å². The average Bonchev–Trinajstić information content (AvgIpc) is 2.41. The zero-order valence-corrected chi connectivity index (χ0v) is 13.1. The molecule has 0 aliphatic heterocycles. The summed E-state index contributed by atoms with van der Waals surface area (Å²) in [5, 5.41) is 0. The Morgan fingerprint density at radius 1 is 0.600 bits per heavy atom. The minimum absolute atomic E-state index is 0. The maximum absolute atomic E-state index is 10.2. The van der Waals surface area contributed by atoms with Crippen LogP contribution in [0.5, 0.6) is 0 Å². The maximum atomic E-state index is 10.2. The van der Waals surface area contributed by atoms with Gasteiger partial charge in [0.1, 0.15) is 0 Å². The van der Waals surface area contributed by atoms with Gasteiger partial charge in [-0.3, -0.25) is 8.42 Å². The highest BCUT2D eigenvalue weighted by Crippen LogP contribution is 2.01. The summed E-state index contributed by atoms with van der Waals surface area (Å²) in [6.07, 6.45) is 0. The standard InChI is InChI=1S/2C6H6O2S.2ClH/c2*7-9(8)6-4-2-1-3-5-6;;/h2*1-5H,(H,7,8);2*1H/p-4. The summed E-state index contributed by atoms with van der Waals surface area (Å²) in [5.41, 5.74) is 0. The number of benzene rings is 2. The molecule has 0 aliphatic rings. The monoisotopic (exact) mass is 352 g/mol. The predicted molar refractivity (Wildman–Crippen MR) is 67.3 cm³/mol. The first-order valence-corrected chi connectivity index (χ1v) is 7.05. The molecule has 0 saturated heterocycles. The summed E-state index contributed by atoms with van der Waals surface area (Å²) < 4.78 is 40.8. The van der Waals surface area contributed by atoms with Crippen molar-refractivity contribution in [1.82, 2.24) is 0 Å². The van der Waals surface area contributed by atoms with Crippen LogP contribution in [-0.2, 0) is 22.2 Å². The van der Waals surface area contributed by atoms with Crippen LogP contribution < -0.4 is 24.8 Å². The zero-order chi connectivity index (χ0) is 13.4. The molecule has 2 aromatic rings. The quantitative estimate of drug-likeness (QED) is 0.514. The normalized spacial score (nSPS) is 11.7. The summed E-state index contributed by atoms with van der Waals surface area (Å²) >= 11 is -4.16. The van der Waals surface area contributed by atoms with E-state index in [0.717, 1.165) is 0 Å². The number of halogens is 2. The van der Waals surface area contributed by atoms with Gasteiger partial charge < -0.3 is 33.9 Å². The second-order valence-electron chi connectivity index (χ2n) is 3.10. The van der Waals surface area contributed by atoms with Crippen LogP contribution in [0, 0.1) is 0 Å². The highest BCUT2D eigenvalue weighted by atomic mass is 35.5. The minimum atomic E-state index is -2.08. The van der Waals surface area contributed by atoms with Gasteiger partial charge in [0.15, 0.2) is 0 Å². The van der Waals surface area contributed by atoms with Gasteiger partial charge in [0.2, 0.25) is 0 Å². The fraction of sp³-hybridized carbons (Fsp3) is 0. The molecule has 4 nitrogen and oxygen atoms in total. The van der Waals surface area contributed by atoms with E-state index in [9.17, 15) is 17.5 Å². The molecule has 0 bridgehead atoms. The van der Waals surface area contributed by atoms with Crippen LogP contribution in [-0.4, -0.2) is 17.5 Å².